The highest BCUT2D eigenvalue weighted by Crippen LogP contribution is 2.29. The lowest BCUT2D eigenvalue weighted by Crippen LogP contribution is -2.24. The van der Waals surface area contributed by atoms with Gasteiger partial charge in [-0.3, -0.25) is 4.79 Å². The van der Waals surface area contributed by atoms with E-state index in [9.17, 15) is 4.79 Å². The first kappa shape index (κ1) is 18.4. The Morgan fingerprint density at radius 3 is 2.45 bits per heavy atom. The van der Waals surface area contributed by atoms with Crippen molar-refractivity contribution in [1.29, 1.82) is 0 Å². The van der Waals surface area contributed by atoms with E-state index in [0.29, 0.717) is 5.75 Å². The number of carbonyl (C=O) groups is 1. The summed E-state index contributed by atoms with van der Waals surface area (Å²) in [4.78, 5) is 12.2. The van der Waals surface area contributed by atoms with Crippen LogP contribution in [0.4, 0.5) is 0 Å². The molecular weight excluding hydrogens is 360 g/mol. The first-order chi connectivity index (χ1) is 14.3. The molecule has 29 heavy (non-hydrogen) atoms. The smallest absolute Gasteiger partial charge is 0.277 e. The summed E-state index contributed by atoms with van der Waals surface area (Å²) < 4.78 is 5.74. The van der Waals surface area contributed by atoms with Gasteiger partial charge in [0.15, 0.2) is 6.61 Å². The molecule has 0 saturated carbocycles. The van der Waals surface area contributed by atoms with Gasteiger partial charge in [0.05, 0.1) is 6.21 Å². The van der Waals surface area contributed by atoms with Crippen LogP contribution in [0.25, 0.3) is 21.9 Å². The zero-order valence-electron chi connectivity index (χ0n) is 15.8. The van der Waals surface area contributed by atoms with Gasteiger partial charge in [0.25, 0.3) is 5.91 Å². The Morgan fingerprint density at radius 2 is 1.55 bits per heavy atom. The molecule has 0 aliphatic heterocycles. The van der Waals surface area contributed by atoms with Gasteiger partial charge in [-0.1, -0.05) is 91.0 Å². The predicted octanol–water partition coefficient (Wildman–Crippen LogP) is 5.04. The maximum atomic E-state index is 12.2. The normalized spacial score (nSPS) is 10.9. The second-order valence-corrected chi connectivity index (χ2v) is 6.51. The van der Waals surface area contributed by atoms with Crippen LogP contribution in [-0.2, 0) is 4.79 Å². The minimum atomic E-state index is -0.315. The van der Waals surface area contributed by atoms with Gasteiger partial charge in [-0.25, -0.2) is 5.43 Å². The van der Waals surface area contributed by atoms with E-state index in [4.69, 9.17) is 4.74 Å². The van der Waals surface area contributed by atoms with Crippen molar-refractivity contribution in [3.8, 4) is 16.9 Å². The van der Waals surface area contributed by atoms with Gasteiger partial charge in [-0.05, 0) is 22.4 Å². The van der Waals surface area contributed by atoms with E-state index >= 15 is 0 Å². The van der Waals surface area contributed by atoms with Gasteiger partial charge >= 0.3 is 0 Å². The summed E-state index contributed by atoms with van der Waals surface area (Å²) in [6, 6.07) is 31.6. The number of fused-ring (bicyclic) bond motifs is 1. The highest BCUT2D eigenvalue weighted by Gasteiger charge is 2.07. The molecule has 1 amide bonds. The summed E-state index contributed by atoms with van der Waals surface area (Å²) in [5.74, 6) is 0.344. The molecule has 4 nitrogen and oxygen atoms in total. The molecular formula is C25H20N2O2. The van der Waals surface area contributed by atoms with E-state index in [-0.39, 0.29) is 12.5 Å². The lowest BCUT2D eigenvalue weighted by Gasteiger charge is -2.10. The van der Waals surface area contributed by atoms with Gasteiger partial charge < -0.3 is 4.74 Å². The standard InChI is InChI=1S/C25H20N2O2/c28-25(27-26-17-21-13-8-12-19-11-4-5-14-22(19)21)18-29-24-16-7-6-15-23(24)20-9-2-1-3-10-20/h1-17H,18H2,(H,27,28)/b26-17-. The number of rotatable bonds is 6. The third-order valence-electron chi connectivity index (χ3n) is 4.55. The second kappa shape index (κ2) is 8.85. The number of hydrogen-bond acceptors (Lipinski definition) is 3. The molecule has 0 spiro atoms. The molecule has 1 N–H and O–H groups in total. The molecule has 0 atom stereocenters. The third-order valence-corrected chi connectivity index (χ3v) is 4.55. The fraction of sp³-hybridized carbons (Fsp3) is 0.0400. The van der Waals surface area contributed by atoms with Crippen molar-refractivity contribution in [2.45, 2.75) is 0 Å². The SMILES string of the molecule is O=C(COc1ccccc1-c1ccccc1)N/N=C\c1cccc2ccccc12. The molecule has 0 aromatic heterocycles. The predicted molar refractivity (Wildman–Crippen MR) is 117 cm³/mol. The number of amides is 1. The minimum Gasteiger partial charge on any atom is -0.483 e. The van der Waals surface area contributed by atoms with Crippen LogP contribution in [0.2, 0.25) is 0 Å². The third kappa shape index (κ3) is 4.50. The molecule has 4 rings (SSSR count). The van der Waals surface area contributed by atoms with Gasteiger partial charge in [0.1, 0.15) is 5.75 Å². The first-order valence-corrected chi connectivity index (χ1v) is 9.38. The average molecular weight is 380 g/mol. The zero-order valence-corrected chi connectivity index (χ0v) is 15.8. The van der Waals surface area contributed by atoms with E-state index in [2.05, 4.69) is 10.5 Å². The Kier molecular flexibility index (Phi) is 5.63. The fourth-order valence-electron chi connectivity index (χ4n) is 3.16. The summed E-state index contributed by atoms with van der Waals surface area (Å²) in [5.41, 5.74) is 5.46. The number of nitrogens with zero attached hydrogens (tertiary/aromatic N) is 1. The van der Waals surface area contributed by atoms with E-state index in [0.717, 1.165) is 27.5 Å². The molecule has 0 aliphatic carbocycles. The van der Waals surface area contributed by atoms with Crippen LogP contribution in [-0.4, -0.2) is 18.7 Å². The Bertz CT molecular complexity index is 1150. The number of hydrazone groups is 1. The molecule has 142 valence electrons. The number of nitrogens with one attached hydrogen (secondary N) is 1. The van der Waals surface area contributed by atoms with E-state index < -0.39 is 0 Å². The topological polar surface area (TPSA) is 50.7 Å². The average Bonchev–Trinajstić information content (AvgIpc) is 2.79. The Morgan fingerprint density at radius 1 is 0.828 bits per heavy atom. The summed E-state index contributed by atoms with van der Waals surface area (Å²) >= 11 is 0. The van der Waals surface area contributed by atoms with Crippen LogP contribution >= 0.6 is 0 Å². The molecule has 0 fully saturated rings. The molecule has 0 radical (unpaired) electrons. The highest BCUT2D eigenvalue weighted by atomic mass is 16.5. The van der Waals surface area contributed by atoms with Crippen LogP contribution in [0.15, 0.2) is 102 Å². The van der Waals surface area contributed by atoms with E-state index in [1.165, 1.54) is 0 Å². The lowest BCUT2D eigenvalue weighted by molar-refractivity contribution is -0.123. The van der Waals surface area contributed by atoms with E-state index in [1.54, 1.807) is 6.21 Å². The van der Waals surface area contributed by atoms with Crippen LogP contribution in [0.3, 0.4) is 0 Å². The molecule has 0 heterocycles. The van der Waals surface area contributed by atoms with Crippen LogP contribution in [0.5, 0.6) is 5.75 Å². The maximum Gasteiger partial charge on any atom is 0.277 e. The number of benzene rings is 4. The summed E-state index contributed by atoms with van der Waals surface area (Å²) in [6.07, 6.45) is 1.65. The van der Waals surface area contributed by atoms with Gasteiger partial charge in [-0.2, -0.15) is 5.10 Å². The molecule has 4 heteroatoms. The van der Waals surface area contributed by atoms with Crippen molar-refractivity contribution in [3.05, 3.63) is 103 Å². The quantitative estimate of drug-likeness (QED) is 0.376. The largest absolute Gasteiger partial charge is 0.483 e. The van der Waals surface area contributed by atoms with Gasteiger partial charge in [0, 0.05) is 11.1 Å². The van der Waals surface area contributed by atoms with Crippen molar-refractivity contribution >= 4 is 22.9 Å². The van der Waals surface area contributed by atoms with Crippen molar-refractivity contribution in [2.75, 3.05) is 6.61 Å². The molecule has 0 unspecified atom stereocenters. The zero-order chi connectivity index (χ0) is 19.9. The van der Waals surface area contributed by atoms with Crippen LogP contribution < -0.4 is 10.2 Å². The van der Waals surface area contributed by atoms with Crippen molar-refractivity contribution in [3.63, 3.8) is 0 Å². The van der Waals surface area contributed by atoms with Crippen LogP contribution in [0.1, 0.15) is 5.56 Å². The number of carbonyl (C=O) groups excluding carboxylic acids is 1. The lowest BCUT2D eigenvalue weighted by atomic mass is 10.1. The molecule has 0 bridgehead atoms. The summed E-state index contributed by atoms with van der Waals surface area (Å²) in [5, 5.41) is 6.29. The monoisotopic (exact) mass is 380 g/mol. The number of ether oxygens (including phenoxy) is 1. The summed E-state index contributed by atoms with van der Waals surface area (Å²) in [7, 11) is 0. The maximum absolute atomic E-state index is 12.2. The molecule has 0 saturated heterocycles. The van der Waals surface area contributed by atoms with Crippen molar-refractivity contribution < 1.29 is 9.53 Å². The Hall–Kier alpha value is -3.92. The van der Waals surface area contributed by atoms with Crippen LogP contribution in [0, 0.1) is 0 Å². The Labute approximate surface area is 169 Å². The van der Waals surface area contributed by atoms with E-state index in [1.807, 2.05) is 97.1 Å². The summed E-state index contributed by atoms with van der Waals surface area (Å²) in [6.45, 7) is -0.114. The number of hydrogen-bond donors (Lipinski definition) is 1. The van der Waals surface area contributed by atoms with Gasteiger partial charge in [0.2, 0.25) is 0 Å². The van der Waals surface area contributed by atoms with Crippen molar-refractivity contribution in [1.82, 2.24) is 5.43 Å². The first-order valence-electron chi connectivity index (χ1n) is 9.38. The molecule has 0 aliphatic rings. The highest BCUT2D eigenvalue weighted by molar-refractivity contribution is 5.99. The second-order valence-electron chi connectivity index (χ2n) is 6.51. The molecule has 4 aromatic rings. The molecule has 4 aromatic carbocycles. The van der Waals surface area contributed by atoms with Gasteiger partial charge in [-0.15, -0.1) is 0 Å². The number of para-hydroxylation sites is 1. The Balaban J connectivity index is 1.39. The minimum absolute atomic E-state index is 0.114. The van der Waals surface area contributed by atoms with Crippen molar-refractivity contribution in [2.24, 2.45) is 5.10 Å². The fourth-order valence-corrected chi connectivity index (χ4v) is 3.16.